The van der Waals surface area contributed by atoms with Crippen LogP contribution in [0.5, 0.6) is 0 Å². The van der Waals surface area contributed by atoms with Crippen LogP contribution < -0.4 is 0 Å². The van der Waals surface area contributed by atoms with Crippen LogP contribution in [0.1, 0.15) is 62.5 Å². The van der Waals surface area contributed by atoms with Crippen molar-refractivity contribution in [2.45, 2.75) is 63.5 Å². The molecule has 3 rings (SSSR count). The van der Waals surface area contributed by atoms with Gasteiger partial charge in [0.05, 0.1) is 17.9 Å². The predicted molar refractivity (Wildman–Crippen MR) is 110 cm³/mol. The maximum Gasteiger partial charge on any atom is 0.236 e. The average Bonchev–Trinajstić information content (AvgIpc) is 2.75. The Labute approximate surface area is 167 Å². The third kappa shape index (κ3) is 4.50. The molecule has 0 radical (unpaired) electrons. The van der Waals surface area contributed by atoms with Crippen LogP contribution in [0.3, 0.4) is 0 Å². The van der Waals surface area contributed by atoms with Gasteiger partial charge in [-0.25, -0.2) is 0 Å². The zero-order valence-electron chi connectivity index (χ0n) is 16.6. The fourth-order valence-electron chi connectivity index (χ4n) is 3.97. The summed E-state index contributed by atoms with van der Waals surface area (Å²) >= 11 is 0. The van der Waals surface area contributed by atoms with Crippen LogP contribution in [0.4, 0.5) is 0 Å². The SMILES string of the molecule is CC(C(=O)N(C(=O)C(C)c1ccccc1)C1CCC(O)CC1)c1ccccc1. The molecule has 2 aromatic carbocycles. The Balaban J connectivity index is 1.88. The van der Waals surface area contributed by atoms with Crippen molar-refractivity contribution in [3.8, 4) is 0 Å². The minimum Gasteiger partial charge on any atom is -0.393 e. The van der Waals surface area contributed by atoms with E-state index in [1.165, 1.54) is 4.90 Å². The number of aliphatic hydroxyl groups excluding tert-OH is 1. The lowest BCUT2D eigenvalue weighted by Gasteiger charge is -2.37. The molecule has 2 atom stereocenters. The predicted octanol–water partition coefficient (Wildman–Crippen LogP) is 4.25. The fraction of sp³-hybridized carbons (Fsp3) is 0.417. The highest BCUT2D eigenvalue weighted by molar-refractivity contribution is 6.01. The van der Waals surface area contributed by atoms with Crippen molar-refractivity contribution in [3.05, 3.63) is 71.8 Å². The van der Waals surface area contributed by atoms with Gasteiger partial charge in [-0.1, -0.05) is 60.7 Å². The molecule has 1 fully saturated rings. The lowest BCUT2D eigenvalue weighted by molar-refractivity contribution is -0.150. The number of nitrogens with zero attached hydrogens (tertiary/aromatic N) is 1. The second-order valence-corrected chi connectivity index (χ2v) is 7.77. The number of carbonyl (C=O) groups is 2. The molecule has 28 heavy (non-hydrogen) atoms. The number of amides is 2. The number of rotatable bonds is 5. The standard InChI is InChI=1S/C24H29NO3/c1-17(19-9-5-3-6-10-19)23(27)25(21-13-15-22(26)16-14-21)24(28)18(2)20-11-7-4-8-12-20/h3-12,17-18,21-22,26H,13-16H2,1-2H3. The molecule has 0 bridgehead atoms. The Hall–Kier alpha value is -2.46. The van der Waals surface area contributed by atoms with Crippen LogP contribution >= 0.6 is 0 Å². The van der Waals surface area contributed by atoms with Crippen LogP contribution in [-0.2, 0) is 9.59 Å². The van der Waals surface area contributed by atoms with E-state index in [1.807, 2.05) is 74.5 Å². The molecular formula is C24H29NO3. The second-order valence-electron chi connectivity index (χ2n) is 7.77. The van der Waals surface area contributed by atoms with E-state index in [0.29, 0.717) is 25.7 Å². The molecule has 1 aliphatic rings. The van der Waals surface area contributed by atoms with Crippen molar-refractivity contribution in [1.82, 2.24) is 4.90 Å². The first-order chi connectivity index (χ1) is 13.5. The Bertz CT molecular complexity index is 725. The van der Waals surface area contributed by atoms with Gasteiger partial charge in [0.15, 0.2) is 0 Å². The smallest absolute Gasteiger partial charge is 0.236 e. The number of hydrogen-bond donors (Lipinski definition) is 1. The van der Waals surface area contributed by atoms with Crippen LogP contribution in [0.25, 0.3) is 0 Å². The van der Waals surface area contributed by atoms with Crippen molar-refractivity contribution in [2.24, 2.45) is 0 Å². The first-order valence-corrected chi connectivity index (χ1v) is 10.1. The highest BCUT2D eigenvalue weighted by Gasteiger charge is 2.37. The Morgan fingerprint density at radius 3 is 1.57 bits per heavy atom. The highest BCUT2D eigenvalue weighted by atomic mass is 16.3. The van der Waals surface area contributed by atoms with Gasteiger partial charge >= 0.3 is 0 Å². The van der Waals surface area contributed by atoms with Crippen LogP contribution in [0, 0.1) is 0 Å². The van der Waals surface area contributed by atoms with Gasteiger partial charge in [0, 0.05) is 6.04 Å². The Kier molecular flexibility index (Phi) is 6.63. The van der Waals surface area contributed by atoms with E-state index in [1.54, 1.807) is 0 Å². The molecule has 4 heteroatoms. The zero-order valence-corrected chi connectivity index (χ0v) is 16.6. The molecule has 2 amide bonds. The van der Waals surface area contributed by atoms with Crippen molar-refractivity contribution < 1.29 is 14.7 Å². The molecule has 1 saturated carbocycles. The monoisotopic (exact) mass is 379 g/mol. The highest BCUT2D eigenvalue weighted by Crippen LogP contribution is 2.30. The van der Waals surface area contributed by atoms with Crippen LogP contribution in [-0.4, -0.2) is 34.0 Å². The third-order valence-corrected chi connectivity index (χ3v) is 5.85. The van der Waals surface area contributed by atoms with Gasteiger partial charge in [-0.15, -0.1) is 0 Å². The molecule has 148 valence electrons. The van der Waals surface area contributed by atoms with Gasteiger partial charge in [0.2, 0.25) is 11.8 Å². The minimum absolute atomic E-state index is 0.152. The quantitative estimate of drug-likeness (QED) is 0.845. The number of hydrogen-bond acceptors (Lipinski definition) is 3. The maximum atomic E-state index is 13.4. The van der Waals surface area contributed by atoms with E-state index in [4.69, 9.17) is 0 Å². The summed E-state index contributed by atoms with van der Waals surface area (Å²) in [5.41, 5.74) is 1.82. The molecule has 0 spiro atoms. The molecule has 0 aliphatic heterocycles. The third-order valence-electron chi connectivity index (χ3n) is 5.85. The second kappa shape index (κ2) is 9.16. The lowest BCUT2D eigenvalue weighted by atomic mass is 9.88. The Morgan fingerprint density at radius 2 is 1.18 bits per heavy atom. The average molecular weight is 380 g/mol. The molecule has 0 aromatic heterocycles. The molecule has 0 heterocycles. The molecule has 1 aliphatic carbocycles. The zero-order chi connectivity index (χ0) is 20.1. The summed E-state index contributed by atoms with van der Waals surface area (Å²) in [6.45, 7) is 3.73. The summed E-state index contributed by atoms with van der Waals surface area (Å²) < 4.78 is 0. The summed E-state index contributed by atoms with van der Waals surface area (Å²) in [5, 5.41) is 9.87. The fourth-order valence-corrected chi connectivity index (χ4v) is 3.97. The Morgan fingerprint density at radius 1 is 0.786 bits per heavy atom. The van der Waals surface area contributed by atoms with E-state index >= 15 is 0 Å². The number of aliphatic hydroxyl groups is 1. The van der Waals surface area contributed by atoms with E-state index in [0.717, 1.165) is 11.1 Å². The largest absolute Gasteiger partial charge is 0.393 e. The molecule has 2 unspecified atom stereocenters. The number of benzene rings is 2. The summed E-state index contributed by atoms with van der Waals surface area (Å²) in [6.07, 6.45) is 2.23. The molecule has 2 aromatic rings. The van der Waals surface area contributed by atoms with E-state index < -0.39 is 0 Å². The van der Waals surface area contributed by atoms with Crippen LogP contribution in [0.2, 0.25) is 0 Å². The first-order valence-electron chi connectivity index (χ1n) is 10.1. The van der Waals surface area contributed by atoms with Gasteiger partial charge < -0.3 is 5.11 Å². The summed E-state index contributed by atoms with van der Waals surface area (Å²) in [4.78, 5) is 28.4. The lowest BCUT2D eigenvalue weighted by Crippen LogP contribution is -2.49. The number of imide groups is 1. The van der Waals surface area contributed by atoms with Crippen molar-refractivity contribution in [3.63, 3.8) is 0 Å². The van der Waals surface area contributed by atoms with Crippen molar-refractivity contribution in [2.75, 3.05) is 0 Å². The first kappa shape index (κ1) is 20.3. The van der Waals surface area contributed by atoms with Gasteiger partial charge in [0.25, 0.3) is 0 Å². The van der Waals surface area contributed by atoms with Gasteiger partial charge in [-0.2, -0.15) is 0 Å². The molecule has 4 nitrogen and oxygen atoms in total. The number of carbonyl (C=O) groups excluding carboxylic acids is 2. The van der Waals surface area contributed by atoms with Gasteiger partial charge in [-0.3, -0.25) is 14.5 Å². The van der Waals surface area contributed by atoms with E-state index in [-0.39, 0.29) is 35.8 Å². The minimum atomic E-state index is -0.389. The normalized spacial score (nSPS) is 21.5. The van der Waals surface area contributed by atoms with Gasteiger partial charge in [0.1, 0.15) is 0 Å². The van der Waals surface area contributed by atoms with E-state index in [9.17, 15) is 14.7 Å². The summed E-state index contributed by atoms with van der Waals surface area (Å²) in [5.74, 6) is -1.08. The van der Waals surface area contributed by atoms with E-state index in [2.05, 4.69) is 0 Å². The van der Waals surface area contributed by atoms with Crippen molar-refractivity contribution >= 4 is 11.8 Å². The topological polar surface area (TPSA) is 57.6 Å². The van der Waals surface area contributed by atoms with Gasteiger partial charge in [-0.05, 0) is 50.7 Å². The molecule has 1 N–H and O–H groups in total. The van der Waals surface area contributed by atoms with Crippen LogP contribution in [0.15, 0.2) is 60.7 Å². The maximum absolute atomic E-state index is 13.4. The molecular weight excluding hydrogens is 350 g/mol. The molecule has 0 saturated heterocycles. The van der Waals surface area contributed by atoms with Crippen molar-refractivity contribution in [1.29, 1.82) is 0 Å². The summed E-state index contributed by atoms with van der Waals surface area (Å²) in [6, 6.07) is 19.0. The summed E-state index contributed by atoms with van der Waals surface area (Å²) in [7, 11) is 0.